The van der Waals surface area contributed by atoms with Crippen LogP contribution in [0.4, 0.5) is 10.1 Å². The molecule has 2 aromatic carbocycles. The van der Waals surface area contributed by atoms with Gasteiger partial charge >= 0.3 is 0 Å². The van der Waals surface area contributed by atoms with Gasteiger partial charge in [0.05, 0.1) is 42.5 Å². The van der Waals surface area contributed by atoms with Gasteiger partial charge in [0, 0.05) is 12.7 Å². The molecule has 3 heterocycles. The molecule has 0 bridgehead atoms. The Labute approximate surface area is 210 Å². The van der Waals surface area contributed by atoms with E-state index in [0.717, 1.165) is 46.9 Å². The molecule has 0 radical (unpaired) electrons. The first-order chi connectivity index (χ1) is 17.3. The zero-order valence-electron chi connectivity index (χ0n) is 21.0. The summed E-state index contributed by atoms with van der Waals surface area (Å²) < 4.78 is 21.3. The highest BCUT2D eigenvalue weighted by atomic mass is 19.1. The van der Waals surface area contributed by atoms with E-state index < -0.39 is 5.41 Å². The second-order valence-electron chi connectivity index (χ2n) is 9.87. The number of hydrogen-bond donors (Lipinski definition) is 0. The summed E-state index contributed by atoms with van der Waals surface area (Å²) in [5.41, 5.74) is 3.80. The van der Waals surface area contributed by atoms with Gasteiger partial charge in [0.1, 0.15) is 17.4 Å². The lowest BCUT2D eigenvalue weighted by Crippen LogP contribution is -2.54. The minimum Gasteiger partial charge on any atom is -0.495 e. The number of ether oxygens (including phenoxy) is 1. The van der Waals surface area contributed by atoms with E-state index in [-0.39, 0.29) is 11.7 Å². The quantitative estimate of drug-likeness (QED) is 0.508. The van der Waals surface area contributed by atoms with Gasteiger partial charge in [-0.3, -0.25) is 14.8 Å². The summed E-state index contributed by atoms with van der Waals surface area (Å²) in [6.07, 6.45) is 7.54. The number of amidine groups is 1. The fraction of sp³-hybridized carbons (Fsp3) is 0.321. The Morgan fingerprint density at radius 1 is 1.14 bits per heavy atom. The number of amides is 1. The Kier molecular flexibility index (Phi) is 6.12. The van der Waals surface area contributed by atoms with Crippen LogP contribution in [0.1, 0.15) is 37.9 Å². The second-order valence-corrected chi connectivity index (χ2v) is 9.87. The van der Waals surface area contributed by atoms with Crippen LogP contribution in [0.3, 0.4) is 0 Å². The summed E-state index contributed by atoms with van der Waals surface area (Å²) in [6.45, 7) is 6.77. The molecule has 0 aliphatic carbocycles. The van der Waals surface area contributed by atoms with Gasteiger partial charge in [0.2, 0.25) is 0 Å². The summed E-state index contributed by atoms with van der Waals surface area (Å²) in [6, 6.07) is 12.1. The van der Waals surface area contributed by atoms with Gasteiger partial charge in [-0.05, 0) is 87.2 Å². The number of anilines is 1. The van der Waals surface area contributed by atoms with Crippen LogP contribution in [0, 0.1) is 18.2 Å². The van der Waals surface area contributed by atoms with Crippen LogP contribution in [0.15, 0.2) is 65.6 Å². The van der Waals surface area contributed by atoms with E-state index in [0.29, 0.717) is 18.8 Å². The molecule has 0 saturated carbocycles. The monoisotopic (exact) mass is 487 g/mol. The van der Waals surface area contributed by atoms with Crippen LogP contribution in [0.5, 0.6) is 5.75 Å². The highest BCUT2D eigenvalue weighted by molar-refractivity contribution is 6.09. The number of imidazole rings is 1. The summed E-state index contributed by atoms with van der Waals surface area (Å²) in [5.74, 6) is 1.12. The summed E-state index contributed by atoms with van der Waals surface area (Å²) >= 11 is 0. The third kappa shape index (κ3) is 4.39. The SMILES string of the molecule is COc1cc(C=C2CCCN3C2=NCC(C)(C)C(=O)N3c2ccc(F)cc2)ccc1-n1cnc(C)c1. The van der Waals surface area contributed by atoms with Crippen molar-refractivity contribution in [3.05, 3.63) is 77.6 Å². The molecule has 5 rings (SSSR count). The van der Waals surface area contributed by atoms with E-state index >= 15 is 0 Å². The van der Waals surface area contributed by atoms with Gasteiger partial charge in [0.25, 0.3) is 5.91 Å². The molecule has 2 aliphatic rings. The van der Waals surface area contributed by atoms with Crippen molar-refractivity contribution in [2.45, 2.75) is 33.6 Å². The summed E-state index contributed by atoms with van der Waals surface area (Å²) in [4.78, 5) is 22.8. The number of hydrazine groups is 1. The Hall–Kier alpha value is -3.94. The van der Waals surface area contributed by atoms with Crippen molar-refractivity contribution in [2.75, 3.05) is 25.2 Å². The lowest BCUT2D eigenvalue weighted by atomic mass is 9.92. The molecule has 0 atom stereocenters. The molecule has 186 valence electrons. The molecule has 1 fully saturated rings. The lowest BCUT2D eigenvalue weighted by molar-refractivity contribution is -0.128. The molecule has 7 nitrogen and oxygen atoms in total. The topological polar surface area (TPSA) is 63.0 Å². The van der Waals surface area contributed by atoms with Gasteiger partial charge < -0.3 is 9.30 Å². The van der Waals surface area contributed by atoms with Crippen molar-refractivity contribution in [2.24, 2.45) is 10.4 Å². The third-order valence-electron chi connectivity index (χ3n) is 6.59. The van der Waals surface area contributed by atoms with Gasteiger partial charge in [-0.1, -0.05) is 6.07 Å². The number of methoxy groups -OCH3 is 1. The van der Waals surface area contributed by atoms with Gasteiger partial charge in [-0.15, -0.1) is 0 Å². The molecule has 0 N–H and O–H groups in total. The van der Waals surface area contributed by atoms with Gasteiger partial charge in [-0.25, -0.2) is 14.4 Å². The fourth-order valence-corrected chi connectivity index (χ4v) is 4.64. The number of carbonyl (C=O) groups is 1. The number of fused-ring (bicyclic) bond motifs is 1. The van der Waals surface area contributed by atoms with E-state index in [1.807, 2.05) is 54.7 Å². The second kappa shape index (κ2) is 9.26. The Balaban J connectivity index is 1.54. The highest BCUT2D eigenvalue weighted by Crippen LogP contribution is 2.34. The maximum Gasteiger partial charge on any atom is 0.253 e. The molecular weight excluding hydrogens is 457 g/mol. The Bertz CT molecular complexity index is 1360. The number of benzene rings is 2. The first-order valence-corrected chi connectivity index (χ1v) is 12.1. The molecule has 2 aliphatic heterocycles. The summed E-state index contributed by atoms with van der Waals surface area (Å²) in [5, 5.41) is 3.61. The number of aromatic nitrogens is 2. The molecule has 1 aromatic heterocycles. The molecule has 8 heteroatoms. The van der Waals surface area contributed by atoms with Crippen molar-refractivity contribution in [3.63, 3.8) is 0 Å². The van der Waals surface area contributed by atoms with Crippen molar-refractivity contribution < 1.29 is 13.9 Å². The van der Waals surface area contributed by atoms with Gasteiger partial charge in [-0.2, -0.15) is 0 Å². The van der Waals surface area contributed by atoms with E-state index in [4.69, 9.17) is 9.73 Å². The number of halogens is 1. The molecule has 0 spiro atoms. The van der Waals surface area contributed by atoms with Crippen LogP contribution < -0.4 is 9.75 Å². The molecule has 3 aromatic rings. The Morgan fingerprint density at radius 3 is 2.61 bits per heavy atom. The predicted molar refractivity (Wildman–Crippen MR) is 139 cm³/mol. The standard InChI is InChI=1S/C28H30FN5O2/c1-19-16-32(18-31-19)24-12-7-20(15-25(24)36-4)14-21-6-5-13-33-26(21)30-17-28(2,3)27(35)34(33)23-10-8-22(29)9-11-23/h7-12,14-16,18H,5-6,13,17H2,1-4H3. The number of piperidine rings is 1. The zero-order chi connectivity index (χ0) is 25.4. The van der Waals surface area contributed by atoms with Crippen LogP contribution in [0.25, 0.3) is 11.8 Å². The van der Waals surface area contributed by atoms with Crippen molar-refractivity contribution in [3.8, 4) is 11.4 Å². The van der Waals surface area contributed by atoms with E-state index in [9.17, 15) is 9.18 Å². The van der Waals surface area contributed by atoms with Crippen molar-refractivity contribution >= 4 is 23.5 Å². The number of hydrogen-bond acceptors (Lipinski definition) is 5. The normalized spacial score (nSPS) is 18.6. The number of aryl methyl sites for hydroxylation is 1. The molecule has 0 unspecified atom stereocenters. The lowest BCUT2D eigenvalue weighted by Gasteiger charge is -2.40. The average molecular weight is 488 g/mol. The fourth-order valence-electron chi connectivity index (χ4n) is 4.64. The predicted octanol–water partition coefficient (Wildman–Crippen LogP) is 5.19. The van der Waals surface area contributed by atoms with Crippen molar-refractivity contribution in [1.82, 2.24) is 14.6 Å². The van der Waals surface area contributed by atoms with Crippen LogP contribution in [-0.4, -0.2) is 46.5 Å². The minimum atomic E-state index is -0.697. The maximum atomic E-state index is 13.7. The smallest absolute Gasteiger partial charge is 0.253 e. The Morgan fingerprint density at radius 2 is 1.92 bits per heavy atom. The highest BCUT2D eigenvalue weighted by Gasteiger charge is 2.41. The van der Waals surface area contributed by atoms with Gasteiger partial charge in [0.15, 0.2) is 0 Å². The summed E-state index contributed by atoms with van der Waals surface area (Å²) in [7, 11) is 1.66. The van der Waals surface area contributed by atoms with E-state index in [1.165, 1.54) is 12.1 Å². The third-order valence-corrected chi connectivity index (χ3v) is 6.59. The van der Waals surface area contributed by atoms with Crippen LogP contribution in [-0.2, 0) is 4.79 Å². The molecule has 36 heavy (non-hydrogen) atoms. The number of rotatable bonds is 4. The number of aliphatic imine (C=N–C) groups is 1. The molecule has 1 saturated heterocycles. The average Bonchev–Trinajstić information content (AvgIpc) is 3.26. The number of nitrogens with zero attached hydrogens (tertiary/aromatic N) is 5. The first kappa shape index (κ1) is 23.8. The largest absolute Gasteiger partial charge is 0.495 e. The van der Waals surface area contributed by atoms with E-state index in [2.05, 4.69) is 11.1 Å². The molecular formula is C28H30FN5O2. The minimum absolute atomic E-state index is 0.0595. The van der Waals surface area contributed by atoms with Crippen LogP contribution in [0.2, 0.25) is 0 Å². The first-order valence-electron chi connectivity index (χ1n) is 12.1. The maximum absolute atomic E-state index is 13.7. The molecule has 1 amide bonds. The van der Waals surface area contributed by atoms with Crippen molar-refractivity contribution in [1.29, 1.82) is 0 Å². The van der Waals surface area contributed by atoms with E-state index in [1.54, 1.807) is 30.6 Å². The number of carbonyl (C=O) groups excluding carboxylic acids is 1. The van der Waals surface area contributed by atoms with Crippen LogP contribution >= 0.6 is 0 Å². The zero-order valence-corrected chi connectivity index (χ0v) is 21.0.